The molecule has 3 N–H and O–H groups in total. The van der Waals surface area contributed by atoms with E-state index in [0.717, 1.165) is 0 Å². The molecule has 0 unspecified atom stereocenters. The van der Waals surface area contributed by atoms with Crippen molar-refractivity contribution in [3.05, 3.63) is 62.6 Å². The van der Waals surface area contributed by atoms with Crippen LogP contribution < -0.4 is 16.6 Å². The molecule has 0 amide bonds. The van der Waals surface area contributed by atoms with Gasteiger partial charge in [-0.1, -0.05) is 30.3 Å². The van der Waals surface area contributed by atoms with Gasteiger partial charge in [-0.25, -0.2) is 9.78 Å². The van der Waals surface area contributed by atoms with Gasteiger partial charge >= 0.3 is 5.69 Å². The highest BCUT2D eigenvalue weighted by Gasteiger charge is 2.10. The number of aromatic amines is 2. The third kappa shape index (κ3) is 2.63. The van der Waals surface area contributed by atoms with Crippen LogP contribution in [0, 0.1) is 0 Å². The van der Waals surface area contributed by atoms with Crippen molar-refractivity contribution in [1.29, 1.82) is 0 Å². The van der Waals surface area contributed by atoms with Gasteiger partial charge in [-0.3, -0.25) is 14.3 Å². The summed E-state index contributed by atoms with van der Waals surface area (Å²) >= 11 is 0. The first-order valence-corrected chi connectivity index (χ1v) is 6.57. The Morgan fingerprint density at radius 3 is 2.67 bits per heavy atom. The Labute approximate surface area is 119 Å². The molecule has 108 valence electrons. The summed E-state index contributed by atoms with van der Waals surface area (Å²) in [6.45, 7) is 1.18. The fraction of sp³-hybridized carbons (Fsp3) is 0.214. The molecule has 0 fully saturated rings. The summed E-state index contributed by atoms with van der Waals surface area (Å²) in [7, 11) is 1.57. The molecule has 21 heavy (non-hydrogen) atoms. The maximum atomic E-state index is 11.7. The standard InChI is InChI=1S/C14H15N5O2/c1-19-12-11(13(20)18-14(19)21)16-10(17-12)8-15-7-9-5-3-2-4-6-9/h2-6,15H,7-8H2,1H3,(H,16,17)(H,18,20,21). The molecule has 0 aliphatic heterocycles. The molecule has 2 heterocycles. The molecule has 7 nitrogen and oxygen atoms in total. The summed E-state index contributed by atoms with van der Waals surface area (Å²) in [5.41, 5.74) is 0.922. The number of aromatic nitrogens is 4. The second-order valence-corrected chi connectivity index (χ2v) is 4.79. The number of imidazole rings is 1. The zero-order chi connectivity index (χ0) is 14.8. The van der Waals surface area contributed by atoms with Gasteiger partial charge < -0.3 is 10.3 Å². The van der Waals surface area contributed by atoms with Gasteiger partial charge in [0.2, 0.25) is 0 Å². The van der Waals surface area contributed by atoms with Gasteiger partial charge in [-0.05, 0) is 5.56 Å². The highest BCUT2D eigenvalue weighted by atomic mass is 16.2. The maximum Gasteiger partial charge on any atom is 0.329 e. The van der Waals surface area contributed by atoms with E-state index >= 15 is 0 Å². The van der Waals surface area contributed by atoms with Crippen LogP contribution in [0.3, 0.4) is 0 Å². The van der Waals surface area contributed by atoms with Crippen molar-refractivity contribution in [2.24, 2.45) is 7.05 Å². The molecule has 2 aromatic heterocycles. The molecule has 0 aliphatic carbocycles. The van der Waals surface area contributed by atoms with Crippen LogP contribution in [-0.2, 0) is 20.1 Å². The molecule has 3 aromatic rings. The van der Waals surface area contributed by atoms with Gasteiger partial charge in [-0.15, -0.1) is 0 Å². The van der Waals surface area contributed by atoms with Crippen LogP contribution in [0.15, 0.2) is 39.9 Å². The Balaban J connectivity index is 1.79. The van der Waals surface area contributed by atoms with Crippen molar-refractivity contribution in [2.45, 2.75) is 13.1 Å². The van der Waals surface area contributed by atoms with E-state index in [4.69, 9.17) is 0 Å². The molecule has 0 saturated heterocycles. The summed E-state index contributed by atoms with van der Waals surface area (Å²) in [5.74, 6) is 0.618. The number of nitrogens with one attached hydrogen (secondary N) is 3. The quantitative estimate of drug-likeness (QED) is 0.640. The Morgan fingerprint density at radius 1 is 1.14 bits per heavy atom. The Kier molecular flexibility index (Phi) is 3.41. The van der Waals surface area contributed by atoms with Crippen molar-refractivity contribution in [1.82, 2.24) is 24.8 Å². The minimum absolute atomic E-state index is 0.314. The zero-order valence-electron chi connectivity index (χ0n) is 11.5. The lowest BCUT2D eigenvalue weighted by atomic mass is 10.2. The lowest BCUT2D eigenvalue weighted by Gasteiger charge is -2.02. The first-order valence-electron chi connectivity index (χ1n) is 6.57. The van der Waals surface area contributed by atoms with Gasteiger partial charge in [0.1, 0.15) is 11.3 Å². The lowest BCUT2D eigenvalue weighted by molar-refractivity contribution is 0.669. The van der Waals surface area contributed by atoms with E-state index < -0.39 is 11.2 Å². The third-order valence-corrected chi connectivity index (χ3v) is 3.27. The number of aryl methyl sites for hydroxylation is 1. The van der Waals surface area contributed by atoms with E-state index in [1.165, 1.54) is 10.1 Å². The highest BCUT2D eigenvalue weighted by Crippen LogP contribution is 2.04. The minimum Gasteiger partial charge on any atom is -0.335 e. The predicted octanol–water partition coefficient (Wildman–Crippen LogP) is 0.240. The molecule has 1 aromatic carbocycles. The van der Waals surface area contributed by atoms with Crippen LogP contribution in [-0.4, -0.2) is 19.5 Å². The largest absolute Gasteiger partial charge is 0.335 e. The topological polar surface area (TPSA) is 95.6 Å². The summed E-state index contributed by atoms with van der Waals surface area (Å²) in [5, 5.41) is 3.24. The number of hydrogen-bond donors (Lipinski definition) is 3. The van der Waals surface area contributed by atoms with Gasteiger partial charge in [-0.2, -0.15) is 0 Å². The van der Waals surface area contributed by atoms with Crippen molar-refractivity contribution in [3.8, 4) is 0 Å². The Bertz CT molecular complexity index is 876. The molecule has 3 rings (SSSR count). The number of benzene rings is 1. The highest BCUT2D eigenvalue weighted by molar-refractivity contribution is 5.69. The summed E-state index contributed by atoms with van der Waals surface area (Å²) in [6.07, 6.45) is 0. The molecule has 0 bridgehead atoms. The van der Waals surface area contributed by atoms with Gasteiger partial charge in [0, 0.05) is 13.6 Å². The summed E-state index contributed by atoms with van der Waals surface area (Å²) < 4.78 is 1.31. The number of hydrogen-bond acceptors (Lipinski definition) is 4. The van der Waals surface area contributed by atoms with Gasteiger partial charge in [0.15, 0.2) is 5.65 Å². The summed E-state index contributed by atoms with van der Waals surface area (Å²) in [4.78, 5) is 32.7. The lowest BCUT2D eigenvalue weighted by Crippen LogP contribution is -2.28. The molecular formula is C14H15N5O2. The van der Waals surface area contributed by atoms with Crippen LogP contribution in [0.2, 0.25) is 0 Å². The maximum absolute atomic E-state index is 11.7. The molecule has 0 saturated carbocycles. The average Bonchev–Trinajstić information content (AvgIpc) is 2.91. The SMILES string of the molecule is Cn1c(=O)[nH]c(=O)c2[nH]c(CNCc3ccccc3)nc21. The van der Waals surface area contributed by atoms with Crippen LogP contribution >= 0.6 is 0 Å². The van der Waals surface area contributed by atoms with Crippen LogP contribution in [0.25, 0.3) is 11.2 Å². The zero-order valence-corrected chi connectivity index (χ0v) is 11.5. The molecule has 7 heteroatoms. The van der Waals surface area contributed by atoms with E-state index in [9.17, 15) is 9.59 Å². The van der Waals surface area contributed by atoms with Crippen molar-refractivity contribution >= 4 is 11.2 Å². The van der Waals surface area contributed by atoms with Crippen molar-refractivity contribution < 1.29 is 0 Å². The van der Waals surface area contributed by atoms with Crippen molar-refractivity contribution in [2.75, 3.05) is 0 Å². The number of nitrogens with zero attached hydrogens (tertiary/aromatic N) is 2. The number of H-pyrrole nitrogens is 2. The monoisotopic (exact) mass is 285 g/mol. The van der Waals surface area contributed by atoms with E-state index in [2.05, 4.69) is 20.3 Å². The predicted molar refractivity (Wildman–Crippen MR) is 78.9 cm³/mol. The van der Waals surface area contributed by atoms with Crippen LogP contribution in [0.4, 0.5) is 0 Å². The van der Waals surface area contributed by atoms with E-state index in [1.54, 1.807) is 7.05 Å². The van der Waals surface area contributed by atoms with Gasteiger partial charge in [0.25, 0.3) is 5.56 Å². The molecule has 0 spiro atoms. The molecular weight excluding hydrogens is 270 g/mol. The normalized spacial score (nSPS) is 11.1. The van der Waals surface area contributed by atoms with Crippen LogP contribution in [0.1, 0.15) is 11.4 Å². The second kappa shape index (κ2) is 5.37. The number of fused-ring (bicyclic) bond motifs is 1. The summed E-state index contributed by atoms with van der Waals surface area (Å²) in [6, 6.07) is 9.98. The third-order valence-electron chi connectivity index (χ3n) is 3.27. The molecule has 0 atom stereocenters. The first-order chi connectivity index (χ1) is 10.1. The van der Waals surface area contributed by atoms with Crippen LogP contribution in [0.5, 0.6) is 0 Å². The van der Waals surface area contributed by atoms with Gasteiger partial charge in [0.05, 0.1) is 6.54 Å². The second-order valence-electron chi connectivity index (χ2n) is 4.79. The molecule has 0 aliphatic rings. The average molecular weight is 285 g/mol. The Morgan fingerprint density at radius 2 is 1.90 bits per heavy atom. The minimum atomic E-state index is -0.470. The first kappa shape index (κ1) is 13.3. The fourth-order valence-corrected chi connectivity index (χ4v) is 2.16. The van der Waals surface area contributed by atoms with E-state index in [1.807, 2.05) is 30.3 Å². The number of rotatable bonds is 4. The van der Waals surface area contributed by atoms with E-state index in [0.29, 0.717) is 30.1 Å². The smallest absolute Gasteiger partial charge is 0.329 e. The van der Waals surface area contributed by atoms with E-state index in [-0.39, 0.29) is 0 Å². The fourth-order valence-electron chi connectivity index (χ4n) is 2.16. The van der Waals surface area contributed by atoms with Crippen molar-refractivity contribution in [3.63, 3.8) is 0 Å². The Hall–Kier alpha value is -2.67. The molecule has 0 radical (unpaired) electrons.